The van der Waals surface area contributed by atoms with Gasteiger partial charge in [-0.25, -0.2) is 4.98 Å². The van der Waals surface area contributed by atoms with Crippen LogP contribution in [0.3, 0.4) is 0 Å². The number of carbonyl (C=O) groups is 1. The Hall–Kier alpha value is -1.24. The third-order valence-corrected chi connectivity index (χ3v) is 4.89. The SMILES string of the molecule is CCC(O)CCNC(=O)c1sc(-c2ccsc2)nc1C. The standard InChI is InChI=1S/C14H18N2O2S2/c1-3-11(17)4-6-15-13(18)12-9(2)16-14(20-12)10-5-7-19-8-10/h5,7-8,11,17H,3-4,6H2,1-2H3,(H,15,18). The lowest BCUT2D eigenvalue weighted by atomic mass is 10.2. The van der Waals surface area contributed by atoms with Gasteiger partial charge in [-0.05, 0) is 31.2 Å². The highest BCUT2D eigenvalue weighted by molar-refractivity contribution is 7.17. The molecule has 0 saturated carbocycles. The number of nitrogens with one attached hydrogen (secondary N) is 1. The zero-order valence-electron chi connectivity index (χ0n) is 11.5. The molecule has 2 heterocycles. The molecule has 0 saturated heterocycles. The monoisotopic (exact) mass is 310 g/mol. The van der Waals surface area contributed by atoms with Gasteiger partial charge in [-0.15, -0.1) is 11.3 Å². The van der Waals surface area contributed by atoms with E-state index < -0.39 is 0 Å². The van der Waals surface area contributed by atoms with Crippen molar-refractivity contribution in [1.29, 1.82) is 0 Å². The molecule has 0 bridgehead atoms. The van der Waals surface area contributed by atoms with Gasteiger partial charge in [0.05, 0.1) is 11.8 Å². The number of amides is 1. The van der Waals surface area contributed by atoms with E-state index in [-0.39, 0.29) is 12.0 Å². The molecule has 0 aliphatic heterocycles. The minimum atomic E-state index is -0.348. The van der Waals surface area contributed by atoms with Crippen LogP contribution in [0.4, 0.5) is 0 Å². The third kappa shape index (κ3) is 3.65. The van der Waals surface area contributed by atoms with Gasteiger partial charge < -0.3 is 10.4 Å². The molecule has 108 valence electrons. The second-order valence-electron chi connectivity index (χ2n) is 4.55. The van der Waals surface area contributed by atoms with E-state index in [1.807, 2.05) is 30.7 Å². The highest BCUT2D eigenvalue weighted by atomic mass is 32.1. The van der Waals surface area contributed by atoms with Gasteiger partial charge in [-0.2, -0.15) is 11.3 Å². The molecular weight excluding hydrogens is 292 g/mol. The first-order valence-corrected chi connectivity index (χ1v) is 8.34. The van der Waals surface area contributed by atoms with Crippen LogP contribution < -0.4 is 5.32 Å². The van der Waals surface area contributed by atoms with Crippen molar-refractivity contribution in [3.05, 3.63) is 27.4 Å². The molecule has 2 N–H and O–H groups in total. The second-order valence-corrected chi connectivity index (χ2v) is 6.33. The van der Waals surface area contributed by atoms with Crippen LogP contribution in [0.1, 0.15) is 35.1 Å². The van der Waals surface area contributed by atoms with Crippen LogP contribution in [-0.2, 0) is 0 Å². The molecular formula is C14H18N2O2S2. The molecule has 0 spiro atoms. The number of aliphatic hydroxyl groups excluding tert-OH is 1. The number of thiazole rings is 1. The van der Waals surface area contributed by atoms with Crippen molar-refractivity contribution < 1.29 is 9.90 Å². The number of rotatable bonds is 6. The van der Waals surface area contributed by atoms with Crippen LogP contribution in [0.25, 0.3) is 10.6 Å². The molecule has 1 unspecified atom stereocenters. The van der Waals surface area contributed by atoms with Crippen molar-refractivity contribution in [1.82, 2.24) is 10.3 Å². The van der Waals surface area contributed by atoms with Crippen molar-refractivity contribution >= 4 is 28.6 Å². The molecule has 2 aromatic heterocycles. The molecule has 2 aromatic rings. The van der Waals surface area contributed by atoms with Gasteiger partial charge >= 0.3 is 0 Å². The van der Waals surface area contributed by atoms with Crippen molar-refractivity contribution in [2.24, 2.45) is 0 Å². The molecule has 4 nitrogen and oxygen atoms in total. The van der Waals surface area contributed by atoms with E-state index in [9.17, 15) is 9.90 Å². The molecule has 2 rings (SSSR count). The Morgan fingerprint density at radius 3 is 3.00 bits per heavy atom. The summed E-state index contributed by atoms with van der Waals surface area (Å²) in [5.74, 6) is -0.107. The van der Waals surface area contributed by atoms with Gasteiger partial charge in [-0.1, -0.05) is 6.92 Å². The molecule has 0 radical (unpaired) electrons. The van der Waals surface area contributed by atoms with Gasteiger partial charge in [0.15, 0.2) is 0 Å². The summed E-state index contributed by atoms with van der Waals surface area (Å²) in [5.41, 5.74) is 1.81. The average Bonchev–Trinajstić information content (AvgIpc) is 3.07. The maximum atomic E-state index is 12.1. The minimum Gasteiger partial charge on any atom is -0.393 e. The highest BCUT2D eigenvalue weighted by Gasteiger charge is 2.16. The maximum Gasteiger partial charge on any atom is 0.263 e. The van der Waals surface area contributed by atoms with E-state index in [2.05, 4.69) is 10.3 Å². The fourth-order valence-corrected chi connectivity index (χ4v) is 3.45. The number of thiophene rings is 1. The van der Waals surface area contributed by atoms with Crippen LogP contribution in [0, 0.1) is 6.92 Å². The topological polar surface area (TPSA) is 62.2 Å². The Labute approximate surface area is 126 Å². The molecule has 20 heavy (non-hydrogen) atoms. The Bertz CT molecular complexity index is 564. The molecule has 0 fully saturated rings. The normalized spacial score (nSPS) is 12.3. The molecule has 0 aliphatic carbocycles. The fourth-order valence-electron chi connectivity index (χ4n) is 1.75. The second kappa shape index (κ2) is 6.97. The van der Waals surface area contributed by atoms with Crippen molar-refractivity contribution in [2.45, 2.75) is 32.8 Å². The van der Waals surface area contributed by atoms with Crippen molar-refractivity contribution in [3.63, 3.8) is 0 Å². The number of carbonyl (C=O) groups excluding carboxylic acids is 1. The largest absolute Gasteiger partial charge is 0.393 e. The summed E-state index contributed by atoms with van der Waals surface area (Å²) in [4.78, 5) is 17.2. The Morgan fingerprint density at radius 2 is 2.35 bits per heavy atom. The predicted octanol–water partition coefficient (Wildman–Crippen LogP) is 3.07. The van der Waals surface area contributed by atoms with Crippen LogP contribution in [0.2, 0.25) is 0 Å². The summed E-state index contributed by atoms with van der Waals surface area (Å²) in [7, 11) is 0. The molecule has 1 amide bonds. The number of aryl methyl sites for hydroxylation is 1. The van der Waals surface area contributed by atoms with E-state index >= 15 is 0 Å². The van der Waals surface area contributed by atoms with Crippen molar-refractivity contribution in [2.75, 3.05) is 6.54 Å². The Morgan fingerprint density at radius 1 is 1.55 bits per heavy atom. The molecule has 0 aliphatic rings. The van der Waals surface area contributed by atoms with E-state index in [0.717, 1.165) is 16.3 Å². The summed E-state index contributed by atoms with van der Waals surface area (Å²) in [5, 5.41) is 17.2. The van der Waals surface area contributed by atoms with Crippen LogP contribution >= 0.6 is 22.7 Å². The van der Waals surface area contributed by atoms with Gasteiger partial charge in [0.25, 0.3) is 5.91 Å². The van der Waals surface area contributed by atoms with E-state index in [4.69, 9.17) is 0 Å². The first-order chi connectivity index (χ1) is 9.61. The molecule has 6 heteroatoms. The predicted molar refractivity (Wildman–Crippen MR) is 83.4 cm³/mol. The first-order valence-electron chi connectivity index (χ1n) is 6.58. The Balaban J connectivity index is 2.00. The first kappa shape index (κ1) is 15.2. The van der Waals surface area contributed by atoms with Gasteiger partial charge in [0, 0.05) is 17.5 Å². The maximum absolute atomic E-state index is 12.1. The van der Waals surface area contributed by atoms with Crippen LogP contribution in [0.15, 0.2) is 16.8 Å². The molecule has 0 aromatic carbocycles. The quantitative estimate of drug-likeness (QED) is 0.862. The summed E-state index contributed by atoms with van der Waals surface area (Å²) < 4.78 is 0. The van der Waals surface area contributed by atoms with Gasteiger partial charge in [-0.3, -0.25) is 4.79 Å². The van der Waals surface area contributed by atoms with E-state index in [1.165, 1.54) is 11.3 Å². The van der Waals surface area contributed by atoms with E-state index in [0.29, 0.717) is 24.3 Å². The van der Waals surface area contributed by atoms with Crippen LogP contribution in [0.5, 0.6) is 0 Å². The average molecular weight is 310 g/mol. The van der Waals surface area contributed by atoms with Crippen LogP contribution in [-0.4, -0.2) is 28.6 Å². The molecule has 1 atom stereocenters. The summed E-state index contributed by atoms with van der Waals surface area (Å²) in [6, 6.07) is 2.00. The highest BCUT2D eigenvalue weighted by Crippen LogP contribution is 2.29. The third-order valence-electron chi connectivity index (χ3n) is 3.01. The number of aromatic nitrogens is 1. The number of hydrogen-bond donors (Lipinski definition) is 2. The van der Waals surface area contributed by atoms with E-state index in [1.54, 1.807) is 11.3 Å². The number of hydrogen-bond acceptors (Lipinski definition) is 5. The lowest BCUT2D eigenvalue weighted by molar-refractivity contribution is 0.0945. The lowest BCUT2D eigenvalue weighted by Gasteiger charge is -2.08. The zero-order chi connectivity index (χ0) is 14.5. The lowest BCUT2D eigenvalue weighted by Crippen LogP contribution is -2.26. The summed E-state index contributed by atoms with van der Waals surface area (Å²) >= 11 is 3.03. The summed E-state index contributed by atoms with van der Waals surface area (Å²) in [6.07, 6.45) is 0.939. The smallest absolute Gasteiger partial charge is 0.263 e. The fraction of sp³-hybridized carbons (Fsp3) is 0.429. The van der Waals surface area contributed by atoms with Gasteiger partial charge in [0.2, 0.25) is 0 Å². The minimum absolute atomic E-state index is 0.107. The van der Waals surface area contributed by atoms with Gasteiger partial charge in [0.1, 0.15) is 9.88 Å². The Kier molecular flexibility index (Phi) is 5.28. The zero-order valence-corrected chi connectivity index (χ0v) is 13.2. The number of nitrogens with zero attached hydrogens (tertiary/aromatic N) is 1. The number of aliphatic hydroxyl groups is 1. The summed E-state index contributed by atoms with van der Waals surface area (Å²) in [6.45, 7) is 4.26. The van der Waals surface area contributed by atoms with Crippen molar-refractivity contribution in [3.8, 4) is 10.6 Å².